The normalized spacial score (nSPS) is 11.4. The Hall–Kier alpha value is -2.39. The van der Waals surface area contributed by atoms with E-state index in [1.807, 2.05) is 0 Å². The summed E-state index contributed by atoms with van der Waals surface area (Å²) in [6.45, 7) is -0.0415. The summed E-state index contributed by atoms with van der Waals surface area (Å²) >= 11 is 0. The molecule has 0 aliphatic carbocycles. The molecule has 0 atom stereocenters. The predicted octanol–water partition coefficient (Wildman–Crippen LogP) is 2.43. The molecule has 1 N–H and O–H groups in total. The van der Waals surface area contributed by atoms with Crippen molar-refractivity contribution in [2.75, 3.05) is 13.6 Å². The lowest BCUT2D eigenvalue weighted by Gasteiger charge is -2.17. The molecule has 9 heteroatoms. The SMILES string of the molecule is CN(Cc1cccc(F)c1)C(=O)CCNS(=O)(=O)c1ccc(F)c(F)c1. The van der Waals surface area contributed by atoms with Gasteiger partial charge in [0.2, 0.25) is 15.9 Å². The molecule has 0 radical (unpaired) electrons. The maximum atomic E-state index is 13.1. The molecular formula is C17H17F3N2O3S. The summed E-state index contributed by atoms with van der Waals surface area (Å²) in [5.41, 5.74) is 0.600. The highest BCUT2D eigenvalue weighted by Gasteiger charge is 2.17. The van der Waals surface area contributed by atoms with Crippen LogP contribution in [0.4, 0.5) is 13.2 Å². The van der Waals surface area contributed by atoms with E-state index < -0.39 is 32.4 Å². The lowest BCUT2D eigenvalue weighted by atomic mass is 10.2. The minimum atomic E-state index is -4.06. The van der Waals surface area contributed by atoms with Gasteiger partial charge >= 0.3 is 0 Å². The molecule has 0 heterocycles. The number of halogens is 3. The van der Waals surface area contributed by atoms with Gasteiger partial charge in [-0.2, -0.15) is 0 Å². The van der Waals surface area contributed by atoms with Crippen LogP contribution >= 0.6 is 0 Å². The zero-order chi connectivity index (χ0) is 19.3. The molecule has 0 bridgehead atoms. The number of amides is 1. The zero-order valence-electron chi connectivity index (χ0n) is 13.9. The van der Waals surface area contributed by atoms with Crippen molar-refractivity contribution in [1.82, 2.24) is 9.62 Å². The fraction of sp³-hybridized carbons (Fsp3) is 0.235. The fourth-order valence-electron chi connectivity index (χ4n) is 2.21. The average molecular weight is 386 g/mol. The maximum Gasteiger partial charge on any atom is 0.240 e. The molecule has 26 heavy (non-hydrogen) atoms. The van der Waals surface area contributed by atoms with Crippen LogP contribution in [0.3, 0.4) is 0 Å². The summed E-state index contributed by atoms with van der Waals surface area (Å²) in [6, 6.07) is 7.99. The first-order valence-corrected chi connectivity index (χ1v) is 9.10. The van der Waals surface area contributed by atoms with Gasteiger partial charge in [0.05, 0.1) is 4.90 Å². The summed E-state index contributed by atoms with van der Waals surface area (Å²) in [5.74, 6) is -3.21. The van der Waals surface area contributed by atoms with E-state index in [1.165, 1.54) is 30.1 Å². The van der Waals surface area contributed by atoms with Crippen molar-refractivity contribution in [2.24, 2.45) is 0 Å². The highest BCUT2D eigenvalue weighted by molar-refractivity contribution is 7.89. The Labute approximate surface area is 149 Å². The van der Waals surface area contributed by atoms with Gasteiger partial charge in [0.15, 0.2) is 11.6 Å². The quantitative estimate of drug-likeness (QED) is 0.795. The first-order chi connectivity index (χ1) is 12.2. The largest absolute Gasteiger partial charge is 0.341 e. The van der Waals surface area contributed by atoms with Crippen molar-refractivity contribution >= 4 is 15.9 Å². The number of hydrogen-bond acceptors (Lipinski definition) is 3. The van der Waals surface area contributed by atoms with Gasteiger partial charge < -0.3 is 4.90 Å². The van der Waals surface area contributed by atoms with Crippen molar-refractivity contribution in [2.45, 2.75) is 17.9 Å². The van der Waals surface area contributed by atoms with Crippen molar-refractivity contribution in [1.29, 1.82) is 0 Å². The second kappa shape index (κ2) is 8.33. The first-order valence-electron chi connectivity index (χ1n) is 7.62. The third-order valence-corrected chi connectivity index (χ3v) is 5.03. The zero-order valence-corrected chi connectivity index (χ0v) is 14.7. The molecule has 5 nitrogen and oxygen atoms in total. The summed E-state index contributed by atoms with van der Waals surface area (Å²) in [5, 5.41) is 0. The van der Waals surface area contributed by atoms with Gasteiger partial charge in [-0.1, -0.05) is 12.1 Å². The van der Waals surface area contributed by atoms with E-state index in [2.05, 4.69) is 4.72 Å². The van der Waals surface area contributed by atoms with E-state index in [4.69, 9.17) is 0 Å². The van der Waals surface area contributed by atoms with E-state index in [0.29, 0.717) is 17.7 Å². The number of hydrogen-bond donors (Lipinski definition) is 1. The molecule has 1 amide bonds. The summed E-state index contributed by atoms with van der Waals surface area (Å²) in [6.07, 6.45) is -0.144. The Morgan fingerprint density at radius 2 is 1.81 bits per heavy atom. The lowest BCUT2D eigenvalue weighted by molar-refractivity contribution is -0.130. The fourth-order valence-corrected chi connectivity index (χ4v) is 3.25. The van der Waals surface area contributed by atoms with Crippen LogP contribution in [0.25, 0.3) is 0 Å². The van der Waals surface area contributed by atoms with Crippen molar-refractivity contribution in [3.63, 3.8) is 0 Å². The van der Waals surface area contributed by atoms with Crippen LogP contribution in [0.1, 0.15) is 12.0 Å². The molecule has 2 rings (SSSR count). The van der Waals surface area contributed by atoms with Gasteiger partial charge in [0.25, 0.3) is 0 Å². The molecule has 2 aromatic carbocycles. The standard InChI is InChI=1S/C17H17F3N2O3S/c1-22(11-12-3-2-4-13(18)9-12)17(23)7-8-21-26(24,25)14-5-6-15(19)16(20)10-14/h2-6,9-10,21H,7-8,11H2,1H3. The van der Waals surface area contributed by atoms with Gasteiger partial charge in [-0.3, -0.25) is 4.79 Å². The van der Waals surface area contributed by atoms with E-state index in [1.54, 1.807) is 6.07 Å². The molecule has 2 aromatic rings. The summed E-state index contributed by atoms with van der Waals surface area (Å²) in [4.78, 5) is 12.9. The Balaban J connectivity index is 1.89. The van der Waals surface area contributed by atoms with Crippen molar-refractivity contribution < 1.29 is 26.4 Å². The number of sulfonamides is 1. The molecule has 0 fully saturated rings. The number of carbonyl (C=O) groups excluding carboxylic acids is 1. The summed E-state index contributed by atoms with van der Waals surface area (Å²) in [7, 11) is -2.55. The van der Waals surface area contributed by atoms with E-state index >= 15 is 0 Å². The van der Waals surface area contributed by atoms with E-state index in [9.17, 15) is 26.4 Å². The van der Waals surface area contributed by atoms with E-state index in [-0.39, 0.29) is 25.4 Å². The van der Waals surface area contributed by atoms with Crippen LogP contribution in [0, 0.1) is 17.5 Å². The molecule has 0 spiro atoms. The second-order valence-electron chi connectivity index (χ2n) is 5.60. The Bertz CT molecular complexity index is 904. The minimum Gasteiger partial charge on any atom is -0.341 e. The molecule has 0 aliphatic heterocycles. The number of nitrogens with zero attached hydrogens (tertiary/aromatic N) is 1. The molecule has 0 saturated heterocycles. The Morgan fingerprint density at radius 1 is 1.08 bits per heavy atom. The van der Waals surface area contributed by atoms with Crippen molar-refractivity contribution in [3.05, 3.63) is 65.5 Å². The average Bonchev–Trinajstić information content (AvgIpc) is 2.57. The van der Waals surface area contributed by atoms with Crippen LogP contribution in [0.5, 0.6) is 0 Å². The minimum absolute atomic E-state index is 0.144. The van der Waals surface area contributed by atoms with Gasteiger partial charge in [0, 0.05) is 26.6 Å². The van der Waals surface area contributed by atoms with Crippen LogP contribution in [-0.2, 0) is 21.4 Å². The van der Waals surface area contributed by atoms with Gasteiger partial charge in [0.1, 0.15) is 5.82 Å². The van der Waals surface area contributed by atoms with Gasteiger partial charge in [-0.25, -0.2) is 26.3 Å². The van der Waals surface area contributed by atoms with Crippen LogP contribution < -0.4 is 4.72 Å². The summed E-state index contributed by atoms with van der Waals surface area (Å²) < 4.78 is 65.3. The molecule has 0 saturated carbocycles. The number of carbonyl (C=O) groups is 1. The predicted molar refractivity (Wildman–Crippen MR) is 89.0 cm³/mol. The first kappa shape index (κ1) is 19.9. The molecule has 0 aromatic heterocycles. The Morgan fingerprint density at radius 3 is 2.46 bits per heavy atom. The van der Waals surface area contributed by atoms with Crippen LogP contribution in [0.15, 0.2) is 47.4 Å². The number of rotatable bonds is 7. The number of benzene rings is 2. The lowest BCUT2D eigenvalue weighted by Crippen LogP contribution is -2.32. The third kappa shape index (κ3) is 5.30. The third-order valence-electron chi connectivity index (χ3n) is 3.57. The van der Waals surface area contributed by atoms with E-state index in [0.717, 1.165) is 6.07 Å². The highest BCUT2D eigenvalue weighted by Crippen LogP contribution is 2.13. The topological polar surface area (TPSA) is 66.5 Å². The van der Waals surface area contributed by atoms with Gasteiger partial charge in [-0.05, 0) is 35.9 Å². The molecule has 0 aliphatic rings. The molecule has 140 valence electrons. The Kier molecular flexibility index (Phi) is 6.38. The highest BCUT2D eigenvalue weighted by atomic mass is 32.2. The smallest absolute Gasteiger partial charge is 0.240 e. The van der Waals surface area contributed by atoms with Crippen molar-refractivity contribution in [3.8, 4) is 0 Å². The molecular weight excluding hydrogens is 369 g/mol. The maximum absolute atomic E-state index is 13.1. The number of nitrogens with one attached hydrogen (secondary N) is 1. The monoisotopic (exact) mass is 386 g/mol. The van der Waals surface area contributed by atoms with Crippen LogP contribution in [-0.4, -0.2) is 32.8 Å². The second-order valence-corrected chi connectivity index (χ2v) is 7.37. The van der Waals surface area contributed by atoms with Gasteiger partial charge in [-0.15, -0.1) is 0 Å². The van der Waals surface area contributed by atoms with Crippen LogP contribution in [0.2, 0.25) is 0 Å². The molecule has 0 unspecified atom stereocenters.